The summed E-state index contributed by atoms with van der Waals surface area (Å²) in [6.45, 7) is 5.07. The van der Waals surface area contributed by atoms with Crippen LogP contribution in [0.4, 0.5) is 0 Å². The van der Waals surface area contributed by atoms with Crippen LogP contribution in [0.25, 0.3) is 0 Å². The zero-order valence-electron chi connectivity index (χ0n) is 19.3. The number of carbonyl (C=O) groups is 2. The fourth-order valence-electron chi connectivity index (χ4n) is 6.82. The summed E-state index contributed by atoms with van der Waals surface area (Å²) < 4.78 is 17.7. The SMILES string of the molecule is C#C[C@]1(OC(C)=O)CC[C@H]2[C@H]3CCc4cc(OC(C)=O)ccc4[C@H]3[C@H](OCSC)C[C@@]21C. The molecule has 2 saturated carbocycles. The number of hydrogen-bond acceptors (Lipinski definition) is 6. The van der Waals surface area contributed by atoms with Gasteiger partial charge in [0.15, 0.2) is 5.60 Å². The lowest BCUT2D eigenvalue weighted by Crippen LogP contribution is -2.56. The van der Waals surface area contributed by atoms with Crippen LogP contribution in [0.3, 0.4) is 0 Å². The number of carbonyl (C=O) groups excluding carboxylic acids is 2. The van der Waals surface area contributed by atoms with E-state index in [4.69, 9.17) is 20.6 Å². The Morgan fingerprint density at radius 1 is 1.25 bits per heavy atom. The molecule has 0 radical (unpaired) electrons. The Balaban J connectivity index is 1.74. The molecule has 3 aliphatic carbocycles. The second-order valence-electron chi connectivity index (χ2n) is 9.63. The van der Waals surface area contributed by atoms with Crippen molar-refractivity contribution in [3.05, 3.63) is 29.3 Å². The summed E-state index contributed by atoms with van der Waals surface area (Å²) in [5, 5.41) is 0. The smallest absolute Gasteiger partial charge is 0.308 e. The van der Waals surface area contributed by atoms with Gasteiger partial charge in [-0.15, -0.1) is 18.2 Å². The highest BCUT2D eigenvalue weighted by atomic mass is 32.2. The van der Waals surface area contributed by atoms with Crippen LogP contribution in [0.2, 0.25) is 0 Å². The number of hydrogen-bond donors (Lipinski definition) is 0. The van der Waals surface area contributed by atoms with Gasteiger partial charge in [-0.2, -0.15) is 0 Å². The molecule has 6 atom stereocenters. The third kappa shape index (κ3) is 3.74. The number of ether oxygens (including phenoxy) is 3. The first-order chi connectivity index (χ1) is 15.2. The van der Waals surface area contributed by atoms with Crippen molar-refractivity contribution in [1.82, 2.24) is 0 Å². The number of thioether (sulfide) groups is 1. The summed E-state index contributed by atoms with van der Waals surface area (Å²) in [5.41, 5.74) is 1.31. The Morgan fingerprint density at radius 3 is 2.69 bits per heavy atom. The van der Waals surface area contributed by atoms with Crippen molar-refractivity contribution in [2.45, 2.75) is 70.5 Å². The Morgan fingerprint density at radius 2 is 2.03 bits per heavy atom. The molecule has 1 aromatic carbocycles. The van der Waals surface area contributed by atoms with Crippen LogP contribution in [0, 0.1) is 29.6 Å². The van der Waals surface area contributed by atoms with Gasteiger partial charge in [-0.25, -0.2) is 0 Å². The summed E-state index contributed by atoms with van der Waals surface area (Å²) in [6, 6.07) is 6.00. The fraction of sp³-hybridized carbons (Fsp3) is 0.615. The number of esters is 2. The van der Waals surface area contributed by atoms with Gasteiger partial charge in [0.1, 0.15) is 5.75 Å². The molecule has 5 nitrogen and oxygen atoms in total. The maximum Gasteiger partial charge on any atom is 0.308 e. The van der Waals surface area contributed by atoms with Gasteiger partial charge in [-0.1, -0.05) is 18.9 Å². The van der Waals surface area contributed by atoms with Crippen LogP contribution in [0.1, 0.15) is 63.5 Å². The Bertz CT molecular complexity index is 952. The highest BCUT2D eigenvalue weighted by Gasteiger charge is 2.66. The van der Waals surface area contributed by atoms with Gasteiger partial charge in [0, 0.05) is 25.2 Å². The lowest BCUT2D eigenvalue weighted by atomic mass is 9.52. The number of terminal acetylenes is 1. The summed E-state index contributed by atoms with van der Waals surface area (Å²) in [7, 11) is 0. The molecule has 3 aliphatic rings. The zero-order valence-corrected chi connectivity index (χ0v) is 20.1. The van der Waals surface area contributed by atoms with Crippen molar-refractivity contribution < 1.29 is 23.8 Å². The Hall–Kier alpha value is -1.97. The fourth-order valence-corrected chi connectivity index (χ4v) is 7.13. The topological polar surface area (TPSA) is 61.8 Å². The summed E-state index contributed by atoms with van der Waals surface area (Å²) in [4.78, 5) is 23.4. The summed E-state index contributed by atoms with van der Waals surface area (Å²) in [5.74, 6) is 4.50. The molecule has 0 saturated heterocycles. The highest BCUT2D eigenvalue weighted by molar-refractivity contribution is 7.98. The van der Waals surface area contributed by atoms with Gasteiger partial charge in [0.05, 0.1) is 12.0 Å². The van der Waals surface area contributed by atoms with Gasteiger partial charge in [0.2, 0.25) is 0 Å². The number of benzene rings is 1. The van der Waals surface area contributed by atoms with Crippen molar-refractivity contribution >= 4 is 23.7 Å². The molecule has 172 valence electrons. The molecule has 0 spiro atoms. The van der Waals surface area contributed by atoms with E-state index in [1.165, 1.54) is 25.0 Å². The van der Waals surface area contributed by atoms with E-state index in [-0.39, 0.29) is 29.4 Å². The molecule has 1 aromatic rings. The van der Waals surface area contributed by atoms with Crippen LogP contribution < -0.4 is 4.74 Å². The van der Waals surface area contributed by atoms with Crippen LogP contribution in [-0.2, 0) is 25.5 Å². The molecular formula is C26H32O5S. The second kappa shape index (κ2) is 8.76. The average molecular weight is 457 g/mol. The normalized spacial score (nSPS) is 35.1. The van der Waals surface area contributed by atoms with Crippen molar-refractivity contribution in [3.8, 4) is 18.1 Å². The van der Waals surface area contributed by atoms with E-state index in [0.717, 1.165) is 25.7 Å². The Kier molecular flexibility index (Phi) is 6.35. The predicted octanol–water partition coefficient (Wildman–Crippen LogP) is 4.72. The van der Waals surface area contributed by atoms with Crippen molar-refractivity contribution in [2.75, 3.05) is 12.2 Å². The summed E-state index contributed by atoms with van der Waals surface area (Å²) >= 11 is 1.66. The van der Waals surface area contributed by atoms with E-state index < -0.39 is 5.60 Å². The van der Waals surface area contributed by atoms with Gasteiger partial charge in [-0.3, -0.25) is 9.59 Å². The van der Waals surface area contributed by atoms with Crippen molar-refractivity contribution in [1.29, 1.82) is 0 Å². The van der Waals surface area contributed by atoms with E-state index in [0.29, 0.717) is 29.9 Å². The molecule has 0 unspecified atom stereocenters. The van der Waals surface area contributed by atoms with E-state index in [1.807, 2.05) is 18.4 Å². The van der Waals surface area contributed by atoms with Crippen LogP contribution in [0.15, 0.2) is 18.2 Å². The molecular weight excluding hydrogens is 424 g/mol. The molecule has 0 N–H and O–H groups in total. The maximum atomic E-state index is 12.0. The average Bonchev–Trinajstić information content (AvgIpc) is 3.02. The zero-order chi connectivity index (χ0) is 23.1. The molecule has 0 heterocycles. The number of aryl methyl sites for hydroxylation is 1. The third-order valence-electron chi connectivity index (χ3n) is 7.99. The van der Waals surface area contributed by atoms with E-state index in [1.54, 1.807) is 11.8 Å². The first kappa shape index (κ1) is 23.2. The van der Waals surface area contributed by atoms with E-state index in [9.17, 15) is 9.59 Å². The predicted molar refractivity (Wildman–Crippen MR) is 124 cm³/mol. The van der Waals surface area contributed by atoms with Crippen molar-refractivity contribution in [2.24, 2.45) is 17.3 Å². The lowest BCUT2D eigenvalue weighted by molar-refractivity contribution is -0.173. The second-order valence-corrected chi connectivity index (χ2v) is 10.4. The molecule has 2 fully saturated rings. The van der Waals surface area contributed by atoms with E-state index in [2.05, 4.69) is 18.9 Å². The molecule has 6 heteroatoms. The first-order valence-electron chi connectivity index (χ1n) is 11.3. The van der Waals surface area contributed by atoms with Crippen molar-refractivity contribution in [3.63, 3.8) is 0 Å². The largest absolute Gasteiger partial charge is 0.445 e. The molecule has 0 bridgehead atoms. The summed E-state index contributed by atoms with van der Waals surface area (Å²) in [6.07, 6.45) is 12.4. The standard InChI is InChI=1S/C26H32O5S/c1-6-26(31-17(3)28)12-11-22-21-9-7-18-13-19(30-16(2)27)8-10-20(18)24(21)23(29-15-32-5)14-25(22,26)4/h1,8,10,13,21-24H,7,9,11-12,14-15H2,2-5H3/t21-,22+,23-,24-,25+,26+/m1/s1. The lowest BCUT2D eigenvalue weighted by Gasteiger charge is -2.55. The first-order valence-corrected chi connectivity index (χ1v) is 12.7. The molecule has 0 amide bonds. The maximum absolute atomic E-state index is 12.0. The van der Waals surface area contributed by atoms with Gasteiger partial charge in [-0.05, 0) is 73.5 Å². The molecule has 0 aliphatic heterocycles. The van der Waals surface area contributed by atoms with Crippen LogP contribution in [0.5, 0.6) is 5.75 Å². The number of rotatable bonds is 5. The number of fused-ring (bicyclic) bond motifs is 5. The van der Waals surface area contributed by atoms with Crippen LogP contribution >= 0.6 is 11.8 Å². The van der Waals surface area contributed by atoms with Gasteiger partial charge >= 0.3 is 11.9 Å². The quantitative estimate of drug-likeness (QED) is 0.277. The van der Waals surface area contributed by atoms with Crippen LogP contribution in [-0.4, -0.2) is 35.8 Å². The minimum absolute atomic E-state index is 0.0197. The van der Waals surface area contributed by atoms with Gasteiger partial charge < -0.3 is 14.2 Å². The monoisotopic (exact) mass is 456 g/mol. The van der Waals surface area contributed by atoms with Gasteiger partial charge in [0.25, 0.3) is 0 Å². The molecule has 32 heavy (non-hydrogen) atoms. The Labute approximate surface area is 194 Å². The minimum Gasteiger partial charge on any atom is -0.445 e. The third-order valence-corrected chi connectivity index (χ3v) is 8.36. The highest BCUT2D eigenvalue weighted by Crippen LogP contribution is 2.65. The minimum atomic E-state index is -0.880. The molecule has 0 aromatic heterocycles. The molecule has 4 rings (SSSR count). The van der Waals surface area contributed by atoms with E-state index >= 15 is 0 Å².